The summed E-state index contributed by atoms with van der Waals surface area (Å²) in [6, 6.07) is 17.7. The smallest absolute Gasteiger partial charge is 0.211 e. The number of hydrogen-bond donors (Lipinski definition) is 1. The predicted octanol–water partition coefficient (Wildman–Crippen LogP) is 3.76. The highest BCUT2D eigenvalue weighted by Gasteiger charge is 2.34. The number of nitrogens with one attached hydrogen (secondary N) is 1. The molecule has 3 aliphatic rings. The zero-order valence-corrected chi connectivity index (χ0v) is 19.1. The summed E-state index contributed by atoms with van der Waals surface area (Å²) in [6.07, 6.45) is 6.47. The van der Waals surface area contributed by atoms with Crippen molar-refractivity contribution in [1.29, 1.82) is 0 Å². The summed E-state index contributed by atoms with van der Waals surface area (Å²) in [7, 11) is -3.13. The second-order valence-corrected chi connectivity index (χ2v) is 11.7. The molecule has 1 saturated heterocycles. The molecule has 0 aromatic heterocycles. The van der Waals surface area contributed by atoms with Crippen molar-refractivity contribution in [3.05, 3.63) is 70.8 Å². The third-order valence-corrected chi connectivity index (χ3v) is 8.84. The van der Waals surface area contributed by atoms with Gasteiger partial charge in [0.15, 0.2) is 0 Å². The van der Waals surface area contributed by atoms with Crippen LogP contribution in [0.25, 0.3) is 0 Å². The number of rotatable bonds is 10. The fraction of sp³-hybridized carbons (Fsp3) is 0.538. The number of benzene rings is 2. The molecule has 0 spiro atoms. The highest BCUT2D eigenvalue weighted by molar-refractivity contribution is 7.89. The molecule has 1 N–H and O–H groups in total. The highest BCUT2D eigenvalue weighted by atomic mass is 32.2. The molecule has 2 aromatic carbocycles. The van der Waals surface area contributed by atoms with E-state index in [0.717, 1.165) is 32.1 Å². The topological polar surface area (TPSA) is 49.4 Å². The average Bonchev–Trinajstić information content (AvgIpc) is 3.46. The maximum atomic E-state index is 12.2. The van der Waals surface area contributed by atoms with Crippen LogP contribution in [-0.2, 0) is 29.3 Å². The number of hydrogen-bond acceptors (Lipinski definition) is 3. The predicted molar refractivity (Wildman–Crippen MR) is 126 cm³/mol. The van der Waals surface area contributed by atoms with Crippen molar-refractivity contribution in [2.45, 2.75) is 44.4 Å². The number of likely N-dealkylation sites (tertiary alicyclic amines) is 1. The largest absolute Gasteiger partial charge is 0.303 e. The van der Waals surface area contributed by atoms with Crippen molar-refractivity contribution in [3.8, 4) is 0 Å². The molecule has 5 heteroatoms. The third kappa shape index (κ3) is 5.39. The minimum Gasteiger partial charge on any atom is -0.303 e. The maximum Gasteiger partial charge on any atom is 0.211 e. The van der Waals surface area contributed by atoms with Crippen LogP contribution < -0.4 is 4.72 Å². The SMILES string of the molecule is O=S(=O)(CC1CC1)NCCc1ccc2c(c1)C(Cc1ccccc1)C(CN1CCC1)C2. The Hall–Kier alpha value is -1.69. The van der Waals surface area contributed by atoms with Gasteiger partial charge in [-0.3, -0.25) is 0 Å². The van der Waals surface area contributed by atoms with Crippen LogP contribution in [0.5, 0.6) is 0 Å². The Bertz CT molecular complexity index is 997. The molecule has 166 valence electrons. The number of fused-ring (bicyclic) bond motifs is 1. The lowest BCUT2D eigenvalue weighted by Crippen LogP contribution is -2.41. The van der Waals surface area contributed by atoms with Gasteiger partial charge in [-0.2, -0.15) is 0 Å². The summed E-state index contributed by atoms with van der Waals surface area (Å²) >= 11 is 0. The van der Waals surface area contributed by atoms with Crippen molar-refractivity contribution < 1.29 is 8.42 Å². The van der Waals surface area contributed by atoms with Gasteiger partial charge >= 0.3 is 0 Å². The minimum absolute atomic E-state index is 0.300. The van der Waals surface area contributed by atoms with E-state index >= 15 is 0 Å². The lowest BCUT2D eigenvalue weighted by molar-refractivity contribution is 0.145. The van der Waals surface area contributed by atoms with Crippen LogP contribution >= 0.6 is 0 Å². The Labute approximate surface area is 187 Å². The van der Waals surface area contributed by atoms with Gasteiger partial charge in [-0.05, 0) is 91.6 Å². The summed E-state index contributed by atoms with van der Waals surface area (Å²) in [5, 5.41) is 0. The molecular formula is C26H34N2O2S. The first-order valence-corrected chi connectivity index (χ1v) is 13.6. The van der Waals surface area contributed by atoms with E-state index in [1.165, 1.54) is 48.3 Å². The van der Waals surface area contributed by atoms with E-state index in [4.69, 9.17) is 0 Å². The Morgan fingerprint density at radius 3 is 2.52 bits per heavy atom. The van der Waals surface area contributed by atoms with E-state index < -0.39 is 10.0 Å². The number of sulfonamides is 1. The molecule has 0 bridgehead atoms. The molecule has 1 saturated carbocycles. The van der Waals surface area contributed by atoms with Gasteiger partial charge in [-0.1, -0.05) is 48.5 Å². The second kappa shape index (κ2) is 9.05. The van der Waals surface area contributed by atoms with Crippen LogP contribution in [-0.4, -0.2) is 45.2 Å². The zero-order valence-electron chi connectivity index (χ0n) is 18.3. The van der Waals surface area contributed by atoms with Gasteiger partial charge in [-0.15, -0.1) is 0 Å². The monoisotopic (exact) mass is 438 g/mol. The van der Waals surface area contributed by atoms with Crippen LogP contribution in [0.1, 0.15) is 47.4 Å². The fourth-order valence-corrected chi connectivity index (χ4v) is 6.73. The summed E-state index contributed by atoms with van der Waals surface area (Å²) in [4.78, 5) is 2.60. The average molecular weight is 439 g/mol. The lowest BCUT2D eigenvalue weighted by atomic mass is 9.85. The van der Waals surface area contributed by atoms with Crippen LogP contribution in [0.2, 0.25) is 0 Å². The van der Waals surface area contributed by atoms with Crippen molar-refractivity contribution >= 4 is 10.0 Å². The van der Waals surface area contributed by atoms with Gasteiger partial charge in [-0.25, -0.2) is 13.1 Å². The van der Waals surface area contributed by atoms with E-state index in [0.29, 0.717) is 30.1 Å². The molecule has 0 radical (unpaired) electrons. The van der Waals surface area contributed by atoms with Crippen LogP contribution in [0.15, 0.2) is 48.5 Å². The molecule has 2 fully saturated rings. The minimum atomic E-state index is -3.13. The molecule has 2 unspecified atom stereocenters. The molecule has 2 aromatic rings. The van der Waals surface area contributed by atoms with Crippen LogP contribution in [0.4, 0.5) is 0 Å². The standard InChI is InChI=1S/C26H34N2O2S/c29-31(30,19-22-7-8-22)27-12-11-21-9-10-23-17-24(18-28-13-4-14-28)26(25(23)16-21)15-20-5-2-1-3-6-20/h1-3,5-6,9-10,16,22,24,26-27H,4,7-8,11-15,17-19H2. The highest BCUT2D eigenvalue weighted by Crippen LogP contribution is 2.41. The molecule has 5 rings (SSSR count). The molecule has 4 nitrogen and oxygen atoms in total. The first kappa shape index (κ1) is 21.2. The Kier molecular flexibility index (Phi) is 6.18. The van der Waals surface area contributed by atoms with Gasteiger partial charge in [0.2, 0.25) is 10.0 Å². The van der Waals surface area contributed by atoms with Crippen molar-refractivity contribution in [2.24, 2.45) is 11.8 Å². The molecule has 2 atom stereocenters. The summed E-state index contributed by atoms with van der Waals surface area (Å²) in [6.45, 7) is 4.19. The lowest BCUT2D eigenvalue weighted by Gasteiger charge is -2.35. The van der Waals surface area contributed by atoms with E-state index in [1.54, 1.807) is 0 Å². The van der Waals surface area contributed by atoms with Crippen molar-refractivity contribution in [1.82, 2.24) is 9.62 Å². The van der Waals surface area contributed by atoms with E-state index in [1.807, 2.05) is 0 Å². The van der Waals surface area contributed by atoms with Gasteiger partial charge < -0.3 is 4.90 Å². The molecule has 1 aliphatic heterocycles. The van der Waals surface area contributed by atoms with Gasteiger partial charge in [0.25, 0.3) is 0 Å². The Balaban J connectivity index is 1.28. The normalized spacial score (nSPS) is 23.5. The van der Waals surface area contributed by atoms with E-state index in [2.05, 4.69) is 58.2 Å². The van der Waals surface area contributed by atoms with Crippen molar-refractivity contribution in [3.63, 3.8) is 0 Å². The molecular weight excluding hydrogens is 404 g/mol. The molecule has 2 aliphatic carbocycles. The maximum absolute atomic E-state index is 12.2. The van der Waals surface area contributed by atoms with Crippen molar-refractivity contribution in [2.75, 3.05) is 31.9 Å². The first-order chi connectivity index (χ1) is 15.1. The van der Waals surface area contributed by atoms with Gasteiger partial charge in [0.1, 0.15) is 0 Å². The molecule has 31 heavy (non-hydrogen) atoms. The van der Waals surface area contributed by atoms with Gasteiger partial charge in [0.05, 0.1) is 5.75 Å². The quantitative estimate of drug-likeness (QED) is 0.614. The third-order valence-electron chi connectivity index (χ3n) is 7.29. The molecule has 1 heterocycles. The second-order valence-electron chi connectivity index (χ2n) is 9.82. The first-order valence-electron chi connectivity index (χ1n) is 11.9. The number of nitrogens with zero attached hydrogens (tertiary/aromatic N) is 1. The summed E-state index contributed by atoms with van der Waals surface area (Å²) < 4.78 is 27.2. The van der Waals surface area contributed by atoms with Crippen LogP contribution in [0, 0.1) is 11.8 Å². The Morgan fingerprint density at radius 2 is 1.81 bits per heavy atom. The van der Waals surface area contributed by atoms with E-state index in [-0.39, 0.29) is 0 Å². The summed E-state index contributed by atoms with van der Waals surface area (Å²) in [5.41, 5.74) is 5.64. The van der Waals surface area contributed by atoms with Crippen LogP contribution in [0.3, 0.4) is 0 Å². The fourth-order valence-electron chi connectivity index (χ4n) is 5.25. The molecule has 0 amide bonds. The van der Waals surface area contributed by atoms with E-state index in [9.17, 15) is 8.42 Å². The Morgan fingerprint density at radius 1 is 1.00 bits per heavy atom. The zero-order chi connectivity index (χ0) is 21.3. The van der Waals surface area contributed by atoms with Gasteiger partial charge in [0, 0.05) is 13.1 Å². The summed E-state index contributed by atoms with van der Waals surface area (Å²) in [5.74, 6) is 1.90.